The van der Waals surface area contributed by atoms with E-state index in [0.29, 0.717) is 0 Å². The minimum Gasteiger partial charge on any atom is -0.294 e. The Labute approximate surface area is 86.9 Å². The van der Waals surface area contributed by atoms with Gasteiger partial charge in [-0.1, -0.05) is 31.6 Å². The van der Waals surface area contributed by atoms with Crippen molar-refractivity contribution in [3.63, 3.8) is 0 Å². The van der Waals surface area contributed by atoms with Gasteiger partial charge in [-0.2, -0.15) is 0 Å². The van der Waals surface area contributed by atoms with E-state index in [1.54, 1.807) is 6.08 Å². The molecule has 0 bridgehead atoms. The number of carbonyl (C=O) groups is 1. The molecule has 78 valence electrons. The van der Waals surface area contributed by atoms with Crippen molar-refractivity contribution in [3.05, 3.63) is 23.8 Å². The molecule has 1 aliphatic rings. The number of hydrogen-bond donors (Lipinski definition) is 0. The Morgan fingerprint density at radius 3 is 2.71 bits per heavy atom. The summed E-state index contributed by atoms with van der Waals surface area (Å²) >= 11 is 0. The Morgan fingerprint density at radius 1 is 1.57 bits per heavy atom. The van der Waals surface area contributed by atoms with Gasteiger partial charge in [-0.3, -0.25) is 4.79 Å². The van der Waals surface area contributed by atoms with Crippen LogP contribution < -0.4 is 0 Å². The van der Waals surface area contributed by atoms with Crippen LogP contribution in [0.5, 0.6) is 0 Å². The molecule has 0 aromatic carbocycles. The SMILES string of the molecule is C/C=C/C(=O)[C@H]1C(C)=CCCC1(C)C. The molecule has 0 saturated heterocycles. The van der Waals surface area contributed by atoms with Crippen LogP contribution in [0.25, 0.3) is 0 Å². The molecule has 0 unspecified atom stereocenters. The molecule has 0 amide bonds. The molecular formula is C13H20O. The van der Waals surface area contributed by atoms with Crippen LogP contribution in [0.4, 0.5) is 0 Å². The van der Waals surface area contributed by atoms with Crippen molar-refractivity contribution < 1.29 is 4.79 Å². The van der Waals surface area contributed by atoms with Gasteiger partial charge < -0.3 is 0 Å². The van der Waals surface area contributed by atoms with Crippen LogP contribution >= 0.6 is 0 Å². The van der Waals surface area contributed by atoms with Crippen LogP contribution in [0, 0.1) is 11.3 Å². The minimum atomic E-state index is 0.0902. The maximum Gasteiger partial charge on any atom is 0.162 e. The molecule has 1 atom stereocenters. The number of ketones is 1. The zero-order chi connectivity index (χ0) is 10.8. The molecule has 0 spiro atoms. The van der Waals surface area contributed by atoms with Crippen LogP contribution in [-0.4, -0.2) is 5.78 Å². The first-order valence-corrected chi connectivity index (χ1v) is 5.32. The van der Waals surface area contributed by atoms with E-state index >= 15 is 0 Å². The highest BCUT2D eigenvalue weighted by molar-refractivity contribution is 5.94. The highest BCUT2D eigenvalue weighted by atomic mass is 16.1. The molecule has 1 rings (SSSR count). The second kappa shape index (κ2) is 4.12. The molecule has 14 heavy (non-hydrogen) atoms. The third-order valence-corrected chi connectivity index (χ3v) is 3.11. The smallest absolute Gasteiger partial charge is 0.162 e. The van der Waals surface area contributed by atoms with Crippen molar-refractivity contribution in [1.82, 2.24) is 0 Å². The average Bonchev–Trinajstić information content (AvgIpc) is 2.02. The Hall–Kier alpha value is -0.850. The Kier molecular flexibility index (Phi) is 3.30. The Balaban J connectivity index is 2.97. The third kappa shape index (κ3) is 2.14. The summed E-state index contributed by atoms with van der Waals surface area (Å²) in [6.07, 6.45) is 7.96. The first-order chi connectivity index (χ1) is 6.49. The van der Waals surface area contributed by atoms with Gasteiger partial charge in [0.15, 0.2) is 5.78 Å². The zero-order valence-electron chi connectivity index (χ0n) is 9.63. The average molecular weight is 192 g/mol. The highest BCUT2D eigenvalue weighted by Gasteiger charge is 2.36. The lowest BCUT2D eigenvalue weighted by molar-refractivity contribution is -0.120. The van der Waals surface area contributed by atoms with E-state index < -0.39 is 0 Å². The zero-order valence-corrected chi connectivity index (χ0v) is 9.63. The lowest BCUT2D eigenvalue weighted by Gasteiger charge is -2.36. The van der Waals surface area contributed by atoms with Crippen LogP contribution in [0.1, 0.15) is 40.5 Å². The molecule has 1 aliphatic carbocycles. The molecule has 0 aromatic heterocycles. The van der Waals surface area contributed by atoms with Crippen molar-refractivity contribution in [1.29, 1.82) is 0 Å². The fourth-order valence-electron chi connectivity index (χ4n) is 2.42. The summed E-state index contributed by atoms with van der Waals surface area (Å²) in [7, 11) is 0. The first-order valence-electron chi connectivity index (χ1n) is 5.32. The summed E-state index contributed by atoms with van der Waals surface area (Å²) in [6.45, 7) is 8.35. The standard InChI is InChI=1S/C13H20O/c1-5-7-11(14)12-10(2)8-6-9-13(12,3)4/h5,7-8,12H,6,9H2,1-4H3/b7-5+/t12-/m1/s1. The second-order valence-corrected chi connectivity index (χ2v) is 4.81. The van der Waals surface area contributed by atoms with E-state index in [2.05, 4.69) is 26.8 Å². The van der Waals surface area contributed by atoms with Gasteiger partial charge in [-0.05, 0) is 38.2 Å². The number of allylic oxidation sites excluding steroid dienone is 4. The van der Waals surface area contributed by atoms with Crippen molar-refractivity contribution in [2.45, 2.75) is 40.5 Å². The quantitative estimate of drug-likeness (QED) is 0.483. The van der Waals surface area contributed by atoms with Gasteiger partial charge in [-0.25, -0.2) is 0 Å². The summed E-state index contributed by atoms with van der Waals surface area (Å²) in [4.78, 5) is 11.9. The van der Waals surface area contributed by atoms with E-state index in [0.717, 1.165) is 12.8 Å². The Morgan fingerprint density at radius 2 is 2.21 bits per heavy atom. The fraction of sp³-hybridized carbons (Fsp3) is 0.615. The minimum absolute atomic E-state index is 0.0902. The lowest BCUT2D eigenvalue weighted by atomic mass is 9.67. The fourth-order valence-corrected chi connectivity index (χ4v) is 2.42. The molecular weight excluding hydrogens is 172 g/mol. The van der Waals surface area contributed by atoms with E-state index in [1.807, 2.05) is 13.0 Å². The van der Waals surface area contributed by atoms with Crippen molar-refractivity contribution in [2.24, 2.45) is 11.3 Å². The van der Waals surface area contributed by atoms with Gasteiger partial charge in [0.1, 0.15) is 0 Å². The van der Waals surface area contributed by atoms with Crippen LogP contribution in [0.3, 0.4) is 0 Å². The lowest BCUT2D eigenvalue weighted by Crippen LogP contribution is -2.33. The van der Waals surface area contributed by atoms with Gasteiger partial charge in [0, 0.05) is 5.92 Å². The second-order valence-electron chi connectivity index (χ2n) is 4.81. The molecule has 0 fully saturated rings. The topological polar surface area (TPSA) is 17.1 Å². The molecule has 0 radical (unpaired) electrons. The largest absolute Gasteiger partial charge is 0.294 e. The summed E-state index contributed by atoms with van der Waals surface area (Å²) < 4.78 is 0. The van der Waals surface area contributed by atoms with Crippen molar-refractivity contribution >= 4 is 5.78 Å². The summed E-state index contributed by atoms with van der Waals surface area (Å²) in [5.41, 5.74) is 1.36. The Bertz CT molecular complexity index is 282. The highest BCUT2D eigenvalue weighted by Crippen LogP contribution is 2.41. The molecule has 0 saturated carbocycles. The number of carbonyl (C=O) groups excluding carboxylic acids is 1. The van der Waals surface area contributed by atoms with E-state index in [-0.39, 0.29) is 17.1 Å². The summed E-state index contributed by atoms with van der Waals surface area (Å²) in [5, 5.41) is 0. The van der Waals surface area contributed by atoms with Crippen molar-refractivity contribution in [3.8, 4) is 0 Å². The molecule has 0 heterocycles. The molecule has 0 aliphatic heterocycles. The molecule has 0 N–H and O–H groups in total. The molecule has 1 heteroatoms. The predicted octanol–water partition coefficient (Wildman–Crippen LogP) is 3.51. The first kappa shape index (κ1) is 11.2. The van der Waals surface area contributed by atoms with E-state index in [9.17, 15) is 4.79 Å². The van der Waals surface area contributed by atoms with Gasteiger partial charge >= 0.3 is 0 Å². The third-order valence-electron chi connectivity index (χ3n) is 3.11. The van der Waals surface area contributed by atoms with Crippen LogP contribution in [0.2, 0.25) is 0 Å². The molecule has 1 nitrogen and oxygen atoms in total. The number of rotatable bonds is 2. The maximum atomic E-state index is 11.9. The van der Waals surface area contributed by atoms with Crippen LogP contribution in [0.15, 0.2) is 23.8 Å². The number of hydrogen-bond acceptors (Lipinski definition) is 1. The van der Waals surface area contributed by atoms with Crippen molar-refractivity contribution in [2.75, 3.05) is 0 Å². The van der Waals surface area contributed by atoms with E-state index in [1.165, 1.54) is 5.57 Å². The van der Waals surface area contributed by atoms with Gasteiger partial charge in [0.25, 0.3) is 0 Å². The van der Waals surface area contributed by atoms with Gasteiger partial charge in [0.2, 0.25) is 0 Å². The maximum absolute atomic E-state index is 11.9. The van der Waals surface area contributed by atoms with Gasteiger partial charge in [-0.15, -0.1) is 0 Å². The van der Waals surface area contributed by atoms with Gasteiger partial charge in [0.05, 0.1) is 0 Å². The summed E-state index contributed by atoms with van der Waals surface area (Å²) in [6, 6.07) is 0. The van der Waals surface area contributed by atoms with E-state index in [4.69, 9.17) is 0 Å². The predicted molar refractivity (Wildman–Crippen MR) is 60.1 cm³/mol. The molecule has 0 aromatic rings. The van der Waals surface area contributed by atoms with Crippen LogP contribution in [-0.2, 0) is 4.79 Å². The summed E-state index contributed by atoms with van der Waals surface area (Å²) in [5.74, 6) is 0.346. The monoisotopic (exact) mass is 192 g/mol. The normalized spacial score (nSPS) is 26.3.